The summed E-state index contributed by atoms with van der Waals surface area (Å²) in [4.78, 5) is 0. The number of ether oxygens (including phenoxy) is 1. The van der Waals surface area contributed by atoms with Gasteiger partial charge < -0.3 is 4.74 Å². The first kappa shape index (κ1) is 12.0. The van der Waals surface area contributed by atoms with Gasteiger partial charge in [-0.05, 0) is 25.5 Å². The third kappa shape index (κ3) is 3.20. The van der Waals surface area contributed by atoms with Crippen LogP contribution in [0.15, 0.2) is 24.0 Å². The molecule has 1 aromatic rings. The average molecular weight is 233 g/mol. The molecule has 1 rings (SSSR count). The largest absolute Gasteiger partial charge is 0.496 e. The van der Waals surface area contributed by atoms with Crippen molar-refractivity contribution in [2.75, 3.05) is 0 Å². The molecule has 0 aliphatic heterocycles. The summed E-state index contributed by atoms with van der Waals surface area (Å²) in [7, 11) is 0. The summed E-state index contributed by atoms with van der Waals surface area (Å²) in [5.41, 5.74) is 1.10. The van der Waals surface area contributed by atoms with Gasteiger partial charge in [-0.15, -0.1) is 0 Å². The molecule has 0 aliphatic carbocycles. The molecular weight excluding hydrogens is 222 g/mol. The molecule has 0 atom stereocenters. The van der Waals surface area contributed by atoms with Gasteiger partial charge in [0.2, 0.25) is 0 Å². The van der Waals surface area contributed by atoms with Crippen molar-refractivity contribution in [2.45, 2.75) is 20.5 Å². The normalized spacial score (nSPS) is 9.93. The Kier molecular flexibility index (Phi) is 4.09. The zero-order chi connectivity index (χ0) is 11.4. The Labute approximate surface area is 92.3 Å². The zero-order valence-electron chi connectivity index (χ0n) is 8.48. The highest BCUT2D eigenvalue weighted by atomic mass is 35.5. The number of hydrogen-bond acceptors (Lipinski definition) is 1. The molecular formula is C11H11ClF2O. The number of halogens is 3. The van der Waals surface area contributed by atoms with Crippen molar-refractivity contribution in [1.29, 1.82) is 0 Å². The lowest BCUT2D eigenvalue weighted by Crippen LogP contribution is -1.96. The van der Waals surface area contributed by atoms with Crippen LogP contribution in [0.4, 0.5) is 8.78 Å². The first-order chi connectivity index (χ1) is 7.02. The van der Waals surface area contributed by atoms with Crippen molar-refractivity contribution in [3.05, 3.63) is 46.2 Å². The van der Waals surface area contributed by atoms with Crippen molar-refractivity contribution < 1.29 is 13.5 Å². The molecule has 82 valence electrons. The van der Waals surface area contributed by atoms with E-state index in [1.165, 1.54) is 18.4 Å². The van der Waals surface area contributed by atoms with E-state index in [0.29, 0.717) is 0 Å². The Morgan fingerprint density at radius 2 is 2.00 bits per heavy atom. The monoisotopic (exact) mass is 232 g/mol. The summed E-state index contributed by atoms with van der Waals surface area (Å²) in [5.74, 6) is -1.99. The second kappa shape index (κ2) is 5.12. The molecule has 4 heteroatoms. The van der Waals surface area contributed by atoms with Crippen molar-refractivity contribution >= 4 is 11.6 Å². The number of rotatable bonds is 3. The lowest BCUT2D eigenvalue weighted by Gasteiger charge is -2.05. The summed E-state index contributed by atoms with van der Waals surface area (Å²) in [6.45, 7) is 3.68. The SMILES string of the molecule is CC(C)=COCc1ccc(Cl)c(F)c1F. The summed E-state index contributed by atoms with van der Waals surface area (Å²) in [6, 6.07) is 2.71. The first-order valence-corrected chi connectivity index (χ1v) is 4.77. The third-order valence-corrected chi connectivity index (χ3v) is 1.96. The van der Waals surface area contributed by atoms with Gasteiger partial charge in [-0.1, -0.05) is 17.7 Å². The second-order valence-corrected chi connectivity index (χ2v) is 3.75. The van der Waals surface area contributed by atoms with E-state index < -0.39 is 11.6 Å². The van der Waals surface area contributed by atoms with E-state index in [1.807, 2.05) is 13.8 Å². The van der Waals surface area contributed by atoms with Crippen molar-refractivity contribution in [1.82, 2.24) is 0 Å². The highest BCUT2D eigenvalue weighted by molar-refractivity contribution is 6.30. The quantitative estimate of drug-likeness (QED) is 0.564. The van der Waals surface area contributed by atoms with Gasteiger partial charge in [-0.3, -0.25) is 0 Å². The van der Waals surface area contributed by atoms with Crippen LogP contribution < -0.4 is 0 Å². The van der Waals surface area contributed by atoms with Crippen LogP contribution in [0.5, 0.6) is 0 Å². The first-order valence-electron chi connectivity index (χ1n) is 4.39. The molecule has 0 N–H and O–H groups in total. The van der Waals surface area contributed by atoms with E-state index in [9.17, 15) is 8.78 Å². The van der Waals surface area contributed by atoms with E-state index in [0.717, 1.165) is 5.57 Å². The Bertz CT molecular complexity index is 384. The highest BCUT2D eigenvalue weighted by Gasteiger charge is 2.11. The van der Waals surface area contributed by atoms with E-state index in [-0.39, 0.29) is 17.2 Å². The molecule has 0 amide bonds. The predicted molar refractivity (Wildman–Crippen MR) is 55.6 cm³/mol. The smallest absolute Gasteiger partial charge is 0.177 e. The zero-order valence-corrected chi connectivity index (χ0v) is 9.24. The molecule has 0 saturated carbocycles. The molecule has 0 fully saturated rings. The van der Waals surface area contributed by atoms with Crippen LogP contribution in [-0.4, -0.2) is 0 Å². The van der Waals surface area contributed by atoms with Crippen LogP contribution in [0.25, 0.3) is 0 Å². The Morgan fingerprint density at radius 3 is 2.60 bits per heavy atom. The Morgan fingerprint density at radius 1 is 1.33 bits per heavy atom. The number of benzene rings is 1. The van der Waals surface area contributed by atoms with Gasteiger partial charge in [0.1, 0.15) is 6.61 Å². The van der Waals surface area contributed by atoms with E-state index in [1.54, 1.807) is 0 Å². The van der Waals surface area contributed by atoms with Crippen LogP contribution >= 0.6 is 11.6 Å². The molecule has 0 aromatic heterocycles. The van der Waals surface area contributed by atoms with Gasteiger partial charge in [0.05, 0.1) is 11.3 Å². The summed E-state index contributed by atoms with van der Waals surface area (Å²) < 4.78 is 31.3. The molecule has 0 saturated heterocycles. The number of allylic oxidation sites excluding steroid dienone is 1. The van der Waals surface area contributed by atoms with Gasteiger partial charge in [-0.25, -0.2) is 8.78 Å². The van der Waals surface area contributed by atoms with Crippen molar-refractivity contribution in [2.24, 2.45) is 0 Å². The van der Waals surface area contributed by atoms with Gasteiger partial charge >= 0.3 is 0 Å². The molecule has 0 heterocycles. The van der Waals surface area contributed by atoms with Crippen LogP contribution in [-0.2, 0) is 11.3 Å². The van der Waals surface area contributed by atoms with Crippen LogP contribution in [0, 0.1) is 11.6 Å². The molecule has 0 spiro atoms. The van der Waals surface area contributed by atoms with Crippen molar-refractivity contribution in [3.8, 4) is 0 Å². The van der Waals surface area contributed by atoms with Gasteiger partial charge in [-0.2, -0.15) is 0 Å². The maximum absolute atomic E-state index is 13.2. The summed E-state index contributed by atoms with van der Waals surface area (Å²) >= 11 is 5.40. The second-order valence-electron chi connectivity index (χ2n) is 3.34. The maximum atomic E-state index is 13.2. The van der Waals surface area contributed by atoms with Gasteiger partial charge in [0.25, 0.3) is 0 Å². The minimum atomic E-state index is -1.03. The van der Waals surface area contributed by atoms with Crippen LogP contribution in [0.1, 0.15) is 19.4 Å². The average Bonchev–Trinajstić information content (AvgIpc) is 2.18. The minimum Gasteiger partial charge on any atom is -0.496 e. The fourth-order valence-corrected chi connectivity index (χ4v) is 1.12. The van der Waals surface area contributed by atoms with Crippen LogP contribution in [0.2, 0.25) is 5.02 Å². The minimum absolute atomic E-state index is 0.00883. The predicted octanol–water partition coefficient (Wildman–Crippen LogP) is 4.06. The molecule has 1 nitrogen and oxygen atoms in total. The van der Waals surface area contributed by atoms with Gasteiger partial charge in [0.15, 0.2) is 11.6 Å². The topological polar surface area (TPSA) is 9.23 Å². The molecule has 0 bridgehead atoms. The van der Waals surface area contributed by atoms with E-state index in [4.69, 9.17) is 16.3 Å². The molecule has 1 aromatic carbocycles. The highest BCUT2D eigenvalue weighted by Crippen LogP contribution is 2.20. The standard InChI is InChI=1S/C11H11ClF2O/c1-7(2)5-15-6-8-3-4-9(12)11(14)10(8)13/h3-5H,6H2,1-2H3. The molecule has 0 aliphatic rings. The maximum Gasteiger partial charge on any atom is 0.177 e. The fourth-order valence-electron chi connectivity index (χ4n) is 0.975. The number of hydrogen-bond donors (Lipinski definition) is 0. The lowest BCUT2D eigenvalue weighted by atomic mass is 10.2. The van der Waals surface area contributed by atoms with E-state index >= 15 is 0 Å². The third-order valence-electron chi connectivity index (χ3n) is 1.67. The fraction of sp³-hybridized carbons (Fsp3) is 0.273. The van der Waals surface area contributed by atoms with E-state index in [2.05, 4.69) is 0 Å². The Balaban J connectivity index is 2.79. The molecule has 0 unspecified atom stereocenters. The summed E-state index contributed by atoms with van der Waals surface area (Å²) in [5, 5.41) is -0.224. The Hall–Kier alpha value is -1.09. The molecule has 0 radical (unpaired) electrons. The summed E-state index contributed by atoms with van der Waals surface area (Å²) in [6.07, 6.45) is 1.49. The lowest BCUT2D eigenvalue weighted by molar-refractivity contribution is 0.228. The van der Waals surface area contributed by atoms with Crippen molar-refractivity contribution in [3.63, 3.8) is 0 Å². The van der Waals surface area contributed by atoms with Crippen LogP contribution in [0.3, 0.4) is 0 Å². The molecule has 15 heavy (non-hydrogen) atoms. The van der Waals surface area contributed by atoms with Gasteiger partial charge in [0, 0.05) is 5.56 Å².